The van der Waals surface area contributed by atoms with Gasteiger partial charge in [-0.2, -0.15) is 5.10 Å². The Morgan fingerprint density at radius 1 is 1.26 bits per heavy atom. The molecule has 0 aliphatic rings. The zero-order valence-corrected chi connectivity index (χ0v) is 15.7. The fraction of sp³-hybridized carbons (Fsp3) is 0.133. The Morgan fingerprint density at radius 2 is 2.00 bits per heavy atom. The van der Waals surface area contributed by atoms with Crippen LogP contribution in [0.1, 0.15) is 10.4 Å². The van der Waals surface area contributed by atoms with Crippen LogP contribution in [0.3, 0.4) is 0 Å². The van der Waals surface area contributed by atoms with Gasteiger partial charge in [0.25, 0.3) is 15.9 Å². The molecule has 142 valence electrons. The Bertz CT molecular complexity index is 1120. The molecule has 1 aromatic carbocycles. The molecule has 2 aromatic heterocycles. The lowest BCUT2D eigenvalue weighted by molar-refractivity contribution is 0.0941. The predicted octanol–water partition coefficient (Wildman–Crippen LogP) is 1.24. The molecule has 0 bridgehead atoms. The van der Waals surface area contributed by atoms with Crippen molar-refractivity contribution in [3.05, 3.63) is 53.5 Å². The molecule has 2 N–H and O–H groups in total. The van der Waals surface area contributed by atoms with E-state index in [9.17, 15) is 17.6 Å². The molecule has 0 radical (unpaired) electrons. The maximum atomic E-state index is 14.3. The van der Waals surface area contributed by atoms with Crippen LogP contribution in [0.15, 0.2) is 41.9 Å². The van der Waals surface area contributed by atoms with Gasteiger partial charge in [0.05, 0.1) is 28.8 Å². The lowest BCUT2D eigenvalue weighted by Gasteiger charge is -2.10. The van der Waals surface area contributed by atoms with E-state index in [0.29, 0.717) is 11.3 Å². The van der Waals surface area contributed by atoms with Crippen molar-refractivity contribution in [2.45, 2.75) is 4.90 Å². The highest BCUT2D eigenvalue weighted by Gasteiger charge is 2.21. The Morgan fingerprint density at radius 3 is 2.59 bits per heavy atom. The molecular formula is C15H14ClFN6O3S. The molecule has 0 aliphatic carbocycles. The Kier molecular flexibility index (Phi) is 5.00. The summed E-state index contributed by atoms with van der Waals surface area (Å²) in [6, 6.07) is 2.56. The fourth-order valence-electron chi connectivity index (χ4n) is 2.24. The van der Waals surface area contributed by atoms with Gasteiger partial charge in [-0.15, -0.1) is 4.83 Å². The summed E-state index contributed by atoms with van der Waals surface area (Å²) in [5.41, 5.74) is 2.41. The summed E-state index contributed by atoms with van der Waals surface area (Å²) in [7, 11) is -0.769. The van der Waals surface area contributed by atoms with E-state index in [1.807, 2.05) is 10.3 Å². The van der Waals surface area contributed by atoms with Gasteiger partial charge in [0.15, 0.2) is 5.82 Å². The number of rotatable bonds is 5. The normalized spacial score (nSPS) is 11.6. The topological polar surface area (TPSA) is 111 Å². The van der Waals surface area contributed by atoms with Gasteiger partial charge >= 0.3 is 0 Å². The minimum atomic E-state index is -4.06. The van der Waals surface area contributed by atoms with Crippen molar-refractivity contribution in [3.8, 4) is 11.3 Å². The first-order valence-electron chi connectivity index (χ1n) is 7.45. The number of aryl methyl sites for hydroxylation is 2. The number of sulfonamides is 1. The molecule has 0 unspecified atom stereocenters. The van der Waals surface area contributed by atoms with Gasteiger partial charge < -0.3 is 4.57 Å². The van der Waals surface area contributed by atoms with Gasteiger partial charge in [-0.1, -0.05) is 11.6 Å². The number of carbonyl (C=O) groups is 1. The maximum Gasteiger partial charge on any atom is 0.269 e. The van der Waals surface area contributed by atoms with E-state index in [1.165, 1.54) is 36.4 Å². The summed E-state index contributed by atoms with van der Waals surface area (Å²) < 4.78 is 41.5. The average Bonchev–Trinajstić information content (AvgIpc) is 3.24. The van der Waals surface area contributed by atoms with Gasteiger partial charge in [-0.3, -0.25) is 14.9 Å². The molecule has 9 nitrogen and oxygen atoms in total. The van der Waals surface area contributed by atoms with Crippen LogP contribution >= 0.6 is 11.6 Å². The first-order valence-corrected chi connectivity index (χ1v) is 9.31. The SMILES string of the molecule is Cn1cnc(-c2cc(Cl)c(F)c(C(=O)NNS(=O)(=O)c3cnn(C)c3)c2)c1. The standard InChI is InChI=1S/C15H14ClFN6O3S/c1-22-7-13(18-8-22)9-3-11(14(17)12(16)4-9)15(24)20-21-27(25,26)10-5-19-23(2)6-10/h3-8,21H,1-2H3,(H,20,24). The third-order valence-corrected chi connectivity index (χ3v) is 5.04. The second kappa shape index (κ2) is 7.10. The van der Waals surface area contributed by atoms with Crippen molar-refractivity contribution in [1.82, 2.24) is 29.6 Å². The summed E-state index contributed by atoms with van der Waals surface area (Å²) in [5, 5.41) is 3.45. The Hall–Kier alpha value is -2.76. The number of aromatic nitrogens is 4. The lowest BCUT2D eigenvalue weighted by atomic mass is 10.1. The Balaban J connectivity index is 1.85. The second-order valence-electron chi connectivity index (χ2n) is 5.65. The number of hydrogen-bond acceptors (Lipinski definition) is 5. The highest BCUT2D eigenvalue weighted by Crippen LogP contribution is 2.27. The molecule has 1 amide bonds. The van der Waals surface area contributed by atoms with Crippen molar-refractivity contribution >= 4 is 27.5 Å². The minimum Gasteiger partial charge on any atom is -0.340 e. The summed E-state index contributed by atoms with van der Waals surface area (Å²) in [6.45, 7) is 0. The van der Waals surface area contributed by atoms with Gasteiger partial charge in [0.1, 0.15) is 4.90 Å². The third kappa shape index (κ3) is 3.99. The van der Waals surface area contributed by atoms with E-state index >= 15 is 0 Å². The molecule has 0 fully saturated rings. The summed E-state index contributed by atoms with van der Waals surface area (Å²) >= 11 is 5.87. The average molecular weight is 413 g/mol. The number of hydrazine groups is 1. The van der Waals surface area contributed by atoms with E-state index in [-0.39, 0.29) is 9.92 Å². The number of carbonyl (C=O) groups excluding carboxylic acids is 1. The van der Waals surface area contributed by atoms with E-state index in [0.717, 1.165) is 6.20 Å². The number of imidazole rings is 1. The van der Waals surface area contributed by atoms with E-state index in [4.69, 9.17) is 11.6 Å². The van der Waals surface area contributed by atoms with Crippen LogP contribution in [0.4, 0.5) is 4.39 Å². The summed E-state index contributed by atoms with van der Waals surface area (Å²) in [4.78, 5) is 18.1. The smallest absolute Gasteiger partial charge is 0.269 e. The second-order valence-corrected chi connectivity index (χ2v) is 7.74. The zero-order valence-electron chi connectivity index (χ0n) is 14.1. The van der Waals surface area contributed by atoms with Crippen LogP contribution in [-0.2, 0) is 24.1 Å². The molecule has 2 heterocycles. The highest BCUT2D eigenvalue weighted by molar-refractivity contribution is 7.89. The lowest BCUT2D eigenvalue weighted by Crippen LogP contribution is -2.41. The molecule has 0 atom stereocenters. The zero-order chi connectivity index (χ0) is 19.8. The minimum absolute atomic E-state index is 0.161. The van der Waals surface area contributed by atoms with Crippen molar-refractivity contribution in [1.29, 1.82) is 0 Å². The number of nitrogens with zero attached hydrogens (tertiary/aromatic N) is 4. The number of hydrogen-bond donors (Lipinski definition) is 2. The van der Waals surface area contributed by atoms with Gasteiger partial charge in [-0.25, -0.2) is 17.8 Å². The van der Waals surface area contributed by atoms with Gasteiger partial charge in [0.2, 0.25) is 0 Å². The largest absolute Gasteiger partial charge is 0.340 e. The van der Waals surface area contributed by atoms with Crippen molar-refractivity contribution in [2.24, 2.45) is 14.1 Å². The Labute approximate surface area is 158 Å². The molecule has 3 aromatic rings. The first kappa shape index (κ1) is 19.0. The molecule has 12 heteroatoms. The van der Waals surface area contributed by atoms with Crippen molar-refractivity contribution in [2.75, 3.05) is 0 Å². The van der Waals surface area contributed by atoms with Crippen LogP contribution in [0, 0.1) is 5.82 Å². The molecular weight excluding hydrogens is 399 g/mol. The van der Waals surface area contributed by atoms with Crippen LogP contribution in [0.25, 0.3) is 11.3 Å². The summed E-state index contributed by atoms with van der Waals surface area (Å²) in [5.74, 6) is -1.99. The highest BCUT2D eigenvalue weighted by atomic mass is 35.5. The molecule has 0 spiro atoms. The first-order chi connectivity index (χ1) is 12.7. The van der Waals surface area contributed by atoms with Gasteiger partial charge in [-0.05, 0) is 12.1 Å². The van der Waals surface area contributed by atoms with Crippen LogP contribution in [-0.4, -0.2) is 33.7 Å². The summed E-state index contributed by atoms with van der Waals surface area (Å²) in [6.07, 6.45) is 5.55. The van der Waals surface area contributed by atoms with Crippen molar-refractivity contribution < 1.29 is 17.6 Å². The van der Waals surface area contributed by atoms with Gasteiger partial charge in [0, 0.05) is 32.1 Å². The molecule has 3 rings (SSSR count). The molecule has 0 saturated carbocycles. The van der Waals surface area contributed by atoms with E-state index < -0.39 is 27.3 Å². The van der Waals surface area contributed by atoms with Crippen LogP contribution in [0.5, 0.6) is 0 Å². The van der Waals surface area contributed by atoms with E-state index in [2.05, 4.69) is 10.1 Å². The monoisotopic (exact) mass is 412 g/mol. The molecule has 0 aliphatic heterocycles. The van der Waals surface area contributed by atoms with Crippen LogP contribution in [0.2, 0.25) is 5.02 Å². The maximum absolute atomic E-state index is 14.3. The predicted molar refractivity (Wildman–Crippen MR) is 94.6 cm³/mol. The van der Waals surface area contributed by atoms with E-state index in [1.54, 1.807) is 17.8 Å². The number of halogens is 2. The number of benzene rings is 1. The third-order valence-electron chi connectivity index (χ3n) is 3.56. The number of nitrogens with one attached hydrogen (secondary N) is 2. The number of amides is 1. The fourth-order valence-corrected chi connectivity index (χ4v) is 3.28. The van der Waals surface area contributed by atoms with Crippen LogP contribution < -0.4 is 10.3 Å². The van der Waals surface area contributed by atoms with Crippen molar-refractivity contribution in [3.63, 3.8) is 0 Å². The molecule has 27 heavy (non-hydrogen) atoms. The molecule has 0 saturated heterocycles. The quantitative estimate of drug-likeness (QED) is 0.612.